The van der Waals surface area contributed by atoms with E-state index in [1.807, 2.05) is 4.72 Å². The number of benzene rings is 1. The summed E-state index contributed by atoms with van der Waals surface area (Å²) in [5.41, 5.74) is 6.40. The van der Waals surface area contributed by atoms with E-state index in [0.717, 1.165) is 5.56 Å². The Bertz CT molecular complexity index is 444. The minimum absolute atomic E-state index is 0.214. The first-order valence-corrected chi connectivity index (χ1v) is 5.52. The maximum atomic E-state index is 10.5. The molecule has 0 saturated carbocycles. The number of nitrogens with one attached hydrogen (secondary N) is 1. The Balaban J connectivity index is 3.03. The smallest absolute Gasteiger partial charge is 0.357 e. The quantitative estimate of drug-likeness (QED) is 0.651. The average molecular weight is 232 g/mol. The fourth-order valence-electron chi connectivity index (χ4n) is 1.13. The Hall–Kier alpha value is -1.31. The van der Waals surface area contributed by atoms with Gasteiger partial charge >= 0.3 is 10.3 Å². The predicted octanol–water partition coefficient (Wildman–Crippen LogP) is 0.369. The van der Waals surface area contributed by atoms with Crippen LogP contribution in [0.5, 0.6) is 5.75 Å². The van der Waals surface area contributed by atoms with Gasteiger partial charge in [-0.15, -0.1) is 0 Å². The van der Waals surface area contributed by atoms with Gasteiger partial charge in [-0.05, 0) is 6.07 Å². The normalized spacial score (nSPS) is 11.1. The van der Waals surface area contributed by atoms with E-state index in [1.165, 1.54) is 19.2 Å². The van der Waals surface area contributed by atoms with E-state index in [9.17, 15) is 8.42 Å². The molecule has 1 rings (SSSR count). The summed E-state index contributed by atoms with van der Waals surface area (Å²) in [6, 6.07) is 4.54. The van der Waals surface area contributed by atoms with E-state index >= 15 is 0 Å². The molecule has 15 heavy (non-hydrogen) atoms. The Labute approximate surface area is 87.9 Å². The molecule has 0 heterocycles. The lowest BCUT2D eigenvalue weighted by Gasteiger charge is -2.09. The van der Waals surface area contributed by atoms with E-state index < -0.39 is 10.3 Å². The molecular formula is C8H12N2O4S. The molecule has 0 amide bonds. The summed E-state index contributed by atoms with van der Waals surface area (Å²) >= 11 is 0. The molecule has 0 aliphatic heterocycles. The van der Waals surface area contributed by atoms with Crippen molar-refractivity contribution in [3.05, 3.63) is 23.8 Å². The third-order valence-electron chi connectivity index (χ3n) is 1.75. The second-order valence-corrected chi connectivity index (χ2v) is 3.96. The van der Waals surface area contributed by atoms with Crippen molar-refractivity contribution in [2.45, 2.75) is 6.54 Å². The third kappa shape index (κ3) is 3.39. The summed E-state index contributed by atoms with van der Waals surface area (Å²) in [6.45, 7) is 0.287. The summed E-state index contributed by atoms with van der Waals surface area (Å²) < 4.78 is 36.5. The highest BCUT2D eigenvalue weighted by Crippen LogP contribution is 2.23. The number of ether oxygens (including phenoxy) is 1. The summed E-state index contributed by atoms with van der Waals surface area (Å²) in [4.78, 5) is 0. The number of anilines is 1. The fourth-order valence-corrected chi connectivity index (χ4v) is 1.55. The van der Waals surface area contributed by atoms with Crippen LogP contribution in [0.2, 0.25) is 0 Å². The molecule has 1 aromatic carbocycles. The van der Waals surface area contributed by atoms with Crippen LogP contribution in [0.4, 0.5) is 5.69 Å². The first kappa shape index (κ1) is 11.8. The van der Waals surface area contributed by atoms with Crippen molar-refractivity contribution in [1.82, 2.24) is 0 Å². The zero-order valence-corrected chi connectivity index (χ0v) is 8.91. The second-order valence-electron chi connectivity index (χ2n) is 2.81. The first-order valence-electron chi connectivity index (χ1n) is 4.08. The SMILES string of the molecule is COc1cc(NS(=O)(=O)O)ccc1CN. The molecule has 0 bridgehead atoms. The van der Waals surface area contributed by atoms with Crippen LogP contribution in [0.3, 0.4) is 0 Å². The Morgan fingerprint density at radius 3 is 2.67 bits per heavy atom. The lowest BCUT2D eigenvalue weighted by atomic mass is 10.2. The van der Waals surface area contributed by atoms with E-state index in [0.29, 0.717) is 5.75 Å². The molecule has 0 saturated heterocycles. The van der Waals surface area contributed by atoms with Crippen molar-refractivity contribution < 1.29 is 17.7 Å². The van der Waals surface area contributed by atoms with Gasteiger partial charge in [0.1, 0.15) is 5.75 Å². The van der Waals surface area contributed by atoms with Gasteiger partial charge in [-0.2, -0.15) is 8.42 Å². The lowest BCUT2D eigenvalue weighted by Crippen LogP contribution is -2.10. The molecule has 0 atom stereocenters. The van der Waals surface area contributed by atoms with Crippen LogP contribution in [0.25, 0.3) is 0 Å². The molecule has 1 aromatic rings. The van der Waals surface area contributed by atoms with Crippen molar-refractivity contribution >= 4 is 16.0 Å². The van der Waals surface area contributed by atoms with E-state index in [2.05, 4.69) is 0 Å². The third-order valence-corrected chi connectivity index (χ3v) is 2.25. The second kappa shape index (κ2) is 4.47. The van der Waals surface area contributed by atoms with Gasteiger partial charge in [0.05, 0.1) is 12.8 Å². The molecule has 4 N–H and O–H groups in total. The first-order chi connectivity index (χ1) is 6.96. The Morgan fingerprint density at radius 2 is 2.20 bits per heavy atom. The van der Waals surface area contributed by atoms with Gasteiger partial charge in [0.2, 0.25) is 0 Å². The molecule has 84 valence electrons. The highest BCUT2D eigenvalue weighted by Gasteiger charge is 2.07. The van der Waals surface area contributed by atoms with Crippen LogP contribution >= 0.6 is 0 Å². The lowest BCUT2D eigenvalue weighted by molar-refractivity contribution is 0.410. The summed E-state index contributed by atoms with van der Waals surface area (Å²) in [5, 5.41) is 0. The maximum absolute atomic E-state index is 10.5. The standard InChI is InChI=1S/C8H12N2O4S/c1-14-8-4-7(10-15(11,12)13)3-2-6(8)5-9/h2-4,10H,5,9H2,1H3,(H,11,12,13). The molecule has 0 fully saturated rings. The highest BCUT2D eigenvalue weighted by molar-refractivity contribution is 7.87. The molecule has 7 heteroatoms. The van der Waals surface area contributed by atoms with Crippen molar-refractivity contribution in [3.8, 4) is 5.75 Å². The Morgan fingerprint density at radius 1 is 1.53 bits per heavy atom. The van der Waals surface area contributed by atoms with Gasteiger partial charge in [-0.25, -0.2) is 0 Å². The topological polar surface area (TPSA) is 102 Å². The minimum Gasteiger partial charge on any atom is -0.496 e. The van der Waals surface area contributed by atoms with Crippen LogP contribution in [-0.2, 0) is 16.8 Å². The van der Waals surface area contributed by atoms with Crippen molar-refractivity contribution in [2.24, 2.45) is 5.73 Å². The summed E-state index contributed by atoms with van der Waals surface area (Å²) in [7, 11) is -2.81. The van der Waals surface area contributed by atoms with Crippen LogP contribution in [0, 0.1) is 0 Å². The molecular weight excluding hydrogens is 220 g/mol. The molecule has 0 aromatic heterocycles. The minimum atomic E-state index is -4.26. The molecule has 0 aliphatic carbocycles. The van der Waals surface area contributed by atoms with E-state index in [-0.39, 0.29) is 12.2 Å². The van der Waals surface area contributed by atoms with Gasteiger partial charge in [0, 0.05) is 18.2 Å². The zero-order valence-electron chi connectivity index (χ0n) is 8.10. The van der Waals surface area contributed by atoms with Crippen molar-refractivity contribution in [1.29, 1.82) is 0 Å². The monoisotopic (exact) mass is 232 g/mol. The largest absolute Gasteiger partial charge is 0.496 e. The van der Waals surface area contributed by atoms with Gasteiger partial charge < -0.3 is 10.5 Å². The number of hydrogen-bond donors (Lipinski definition) is 3. The van der Waals surface area contributed by atoms with Gasteiger partial charge in [0.15, 0.2) is 0 Å². The van der Waals surface area contributed by atoms with Gasteiger partial charge in [-0.1, -0.05) is 6.07 Å². The summed E-state index contributed by atoms with van der Waals surface area (Å²) in [6.07, 6.45) is 0. The highest BCUT2D eigenvalue weighted by atomic mass is 32.2. The van der Waals surface area contributed by atoms with Crippen LogP contribution in [0.15, 0.2) is 18.2 Å². The summed E-state index contributed by atoms with van der Waals surface area (Å²) in [5.74, 6) is 0.464. The average Bonchev–Trinajstić information content (AvgIpc) is 2.15. The number of hydrogen-bond acceptors (Lipinski definition) is 4. The molecule has 6 nitrogen and oxygen atoms in total. The van der Waals surface area contributed by atoms with Crippen LogP contribution < -0.4 is 15.2 Å². The number of nitrogens with two attached hydrogens (primary N) is 1. The van der Waals surface area contributed by atoms with E-state index in [1.54, 1.807) is 6.07 Å². The molecule has 0 spiro atoms. The van der Waals surface area contributed by atoms with Gasteiger partial charge in [-0.3, -0.25) is 9.27 Å². The fraction of sp³-hybridized carbons (Fsp3) is 0.250. The number of methoxy groups -OCH3 is 1. The van der Waals surface area contributed by atoms with Crippen molar-refractivity contribution in [2.75, 3.05) is 11.8 Å². The van der Waals surface area contributed by atoms with Crippen molar-refractivity contribution in [3.63, 3.8) is 0 Å². The Kier molecular flexibility index (Phi) is 3.51. The maximum Gasteiger partial charge on any atom is 0.357 e. The van der Waals surface area contributed by atoms with E-state index in [4.69, 9.17) is 15.0 Å². The van der Waals surface area contributed by atoms with Crippen LogP contribution in [-0.4, -0.2) is 20.1 Å². The van der Waals surface area contributed by atoms with Gasteiger partial charge in [0.25, 0.3) is 0 Å². The predicted molar refractivity (Wildman–Crippen MR) is 56.1 cm³/mol. The molecule has 0 unspecified atom stereocenters. The zero-order chi connectivity index (χ0) is 11.5. The number of rotatable bonds is 4. The molecule has 0 aliphatic rings. The van der Waals surface area contributed by atoms with Crippen LogP contribution in [0.1, 0.15) is 5.56 Å². The molecule has 0 radical (unpaired) electrons.